The first-order chi connectivity index (χ1) is 29.7. The Balaban J connectivity index is 1.09. The molecule has 0 atom stereocenters. The van der Waals surface area contributed by atoms with E-state index in [0.29, 0.717) is 17.5 Å². The van der Waals surface area contributed by atoms with E-state index in [0.717, 1.165) is 50.1 Å². The molecule has 0 spiro atoms. The van der Waals surface area contributed by atoms with Gasteiger partial charge in [-0.1, -0.05) is 182 Å². The molecular formula is C55H34N4S. The Morgan fingerprint density at radius 2 is 0.950 bits per heavy atom. The molecular weight excluding hydrogens is 749 g/mol. The van der Waals surface area contributed by atoms with Crippen molar-refractivity contribution in [1.29, 1.82) is 0 Å². The lowest BCUT2D eigenvalue weighted by molar-refractivity contribution is 1.06. The van der Waals surface area contributed by atoms with E-state index >= 15 is 0 Å². The van der Waals surface area contributed by atoms with Crippen LogP contribution in [-0.4, -0.2) is 19.5 Å². The number of hydrogen-bond donors (Lipinski definition) is 0. The lowest BCUT2D eigenvalue weighted by Crippen LogP contribution is -2.04. The molecule has 0 aliphatic heterocycles. The molecule has 0 aliphatic carbocycles. The summed E-state index contributed by atoms with van der Waals surface area (Å²) in [6.45, 7) is 0. The fourth-order valence-electron chi connectivity index (χ4n) is 8.81. The predicted octanol–water partition coefficient (Wildman–Crippen LogP) is 14.8. The van der Waals surface area contributed by atoms with Gasteiger partial charge in [-0.15, -0.1) is 11.3 Å². The van der Waals surface area contributed by atoms with Crippen molar-refractivity contribution in [3.8, 4) is 62.1 Å². The van der Waals surface area contributed by atoms with Crippen LogP contribution in [0.5, 0.6) is 0 Å². The van der Waals surface area contributed by atoms with Gasteiger partial charge in [0.15, 0.2) is 17.5 Å². The number of para-hydroxylation sites is 1. The number of thiophene rings is 1. The van der Waals surface area contributed by atoms with Crippen LogP contribution in [0.3, 0.4) is 0 Å². The van der Waals surface area contributed by atoms with Gasteiger partial charge in [-0.25, -0.2) is 15.0 Å². The van der Waals surface area contributed by atoms with Crippen LogP contribution in [-0.2, 0) is 0 Å². The molecule has 0 radical (unpaired) electrons. The summed E-state index contributed by atoms with van der Waals surface area (Å²) in [4.78, 5) is 15.8. The van der Waals surface area contributed by atoms with Crippen LogP contribution in [0.15, 0.2) is 206 Å². The molecule has 0 amide bonds. The first-order valence-corrected chi connectivity index (χ1v) is 21.0. The van der Waals surface area contributed by atoms with E-state index < -0.39 is 0 Å². The van der Waals surface area contributed by atoms with Crippen molar-refractivity contribution in [3.63, 3.8) is 0 Å². The lowest BCUT2D eigenvalue weighted by atomic mass is 10.0. The second kappa shape index (κ2) is 14.0. The Labute approximate surface area is 350 Å². The molecule has 0 fully saturated rings. The molecule has 5 heteroatoms. The van der Waals surface area contributed by atoms with Crippen molar-refractivity contribution < 1.29 is 0 Å². The van der Waals surface area contributed by atoms with E-state index in [1.165, 1.54) is 47.3 Å². The summed E-state index contributed by atoms with van der Waals surface area (Å²) in [5.41, 5.74) is 10.7. The summed E-state index contributed by atoms with van der Waals surface area (Å²) in [5.74, 6) is 1.86. The maximum absolute atomic E-state index is 5.34. The largest absolute Gasteiger partial charge is 0.308 e. The van der Waals surface area contributed by atoms with Crippen LogP contribution >= 0.6 is 11.3 Å². The maximum Gasteiger partial charge on any atom is 0.166 e. The maximum atomic E-state index is 5.34. The topological polar surface area (TPSA) is 43.6 Å². The Morgan fingerprint density at radius 3 is 1.75 bits per heavy atom. The minimum atomic E-state index is 0.610. The summed E-state index contributed by atoms with van der Waals surface area (Å²) < 4.78 is 5.02. The molecule has 12 aromatic rings. The van der Waals surface area contributed by atoms with Gasteiger partial charge >= 0.3 is 0 Å². The minimum Gasteiger partial charge on any atom is -0.308 e. The second-order valence-corrected chi connectivity index (χ2v) is 16.2. The average Bonchev–Trinajstić information content (AvgIpc) is 3.88. The van der Waals surface area contributed by atoms with Gasteiger partial charge in [0.05, 0.1) is 16.7 Å². The van der Waals surface area contributed by atoms with Crippen molar-refractivity contribution >= 4 is 64.1 Å². The zero-order valence-electron chi connectivity index (χ0n) is 32.3. The Hall–Kier alpha value is -7.73. The normalized spacial score (nSPS) is 11.7. The smallest absolute Gasteiger partial charge is 0.166 e. The summed E-state index contributed by atoms with van der Waals surface area (Å²) in [6, 6.07) is 73.3. The van der Waals surface area contributed by atoms with Crippen molar-refractivity contribution in [2.24, 2.45) is 0 Å². The van der Waals surface area contributed by atoms with Gasteiger partial charge in [0.2, 0.25) is 0 Å². The first kappa shape index (κ1) is 34.3. The quantitative estimate of drug-likeness (QED) is 0.169. The predicted molar refractivity (Wildman–Crippen MR) is 252 cm³/mol. The van der Waals surface area contributed by atoms with Gasteiger partial charge in [-0.3, -0.25) is 0 Å². The second-order valence-electron chi connectivity index (χ2n) is 15.2. The van der Waals surface area contributed by atoms with Crippen molar-refractivity contribution in [3.05, 3.63) is 206 Å². The summed E-state index contributed by atoms with van der Waals surface area (Å²) >= 11 is 1.85. The third kappa shape index (κ3) is 5.63. The highest BCUT2D eigenvalue weighted by atomic mass is 32.1. The summed E-state index contributed by atoms with van der Waals surface area (Å²) in [7, 11) is 0. The highest BCUT2D eigenvalue weighted by Gasteiger charge is 2.22. The number of rotatable bonds is 6. The molecule has 3 aromatic heterocycles. The molecule has 0 N–H and O–H groups in total. The molecule has 60 heavy (non-hydrogen) atoms. The van der Waals surface area contributed by atoms with Gasteiger partial charge in [0.1, 0.15) is 0 Å². The van der Waals surface area contributed by atoms with Gasteiger partial charge in [0.25, 0.3) is 0 Å². The fourth-order valence-corrected chi connectivity index (χ4v) is 10.0. The number of nitrogens with zero attached hydrogens (tertiary/aromatic N) is 4. The SMILES string of the molecule is c1ccc(-c2ccc(-c3nc(-c4ccccc4)nc(-c4ccc(-c5cccc6c5sc5ccccc56)cc4)n3)c(-n3c4ccccc4c4ccc5ccccc5c43)c2)cc1. The van der Waals surface area contributed by atoms with Crippen molar-refractivity contribution in [2.45, 2.75) is 0 Å². The third-order valence-corrected chi connectivity index (χ3v) is 12.9. The van der Waals surface area contributed by atoms with Crippen LogP contribution in [0.1, 0.15) is 0 Å². The molecule has 0 unspecified atom stereocenters. The Kier molecular flexibility index (Phi) is 8.00. The minimum absolute atomic E-state index is 0.610. The van der Waals surface area contributed by atoms with E-state index in [-0.39, 0.29) is 0 Å². The standard InChI is InChI=1S/C55H34N4S/c1-3-14-35(15-4-1)40-31-33-47(49(34-40)59-48-24-11-9-20-43(48)45-32-30-36-16-7-8-19-41(36)51(45)59)55-57-53(38-17-5-2-6-18-38)56-54(58-55)39-28-26-37(27-29-39)42-22-13-23-46-44-21-10-12-25-50(44)60-52(42)46/h1-34H. The zero-order valence-corrected chi connectivity index (χ0v) is 33.1. The van der Waals surface area contributed by atoms with Crippen LogP contribution in [0.25, 0.3) is 115 Å². The molecule has 0 aliphatic rings. The van der Waals surface area contributed by atoms with Crippen LogP contribution < -0.4 is 0 Å². The van der Waals surface area contributed by atoms with E-state index in [1.54, 1.807) is 0 Å². The number of hydrogen-bond acceptors (Lipinski definition) is 4. The summed E-state index contributed by atoms with van der Waals surface area (Å²) in [5, 5.41) is 7.37. The summed E-state index contributed by atoms with van der Waals surface area (Å²) in [6.07, 6.45) is 0. The third-order valence-electron chi connectivity index (χ3n) is 11.7. The zero-order chi connectivity index (χ0) is 39.6. The highest BCUT2D eigenvalue weighted by Crippen LogP contribution is 2.42. The van der Waals surface area contributed by atoms with E-state index in [1.807, 2.05) is 29.5 Å². The van der Waals surface area contributed by atoms with Crippen molar-refractivity contribution in [2.75, 3.05) is 0 Å². The molecule has 280 valence electrons. The van der Waals surface area contributed by atoms with E-state index in [4.69, 9.17) is 15.0 Å². The fraction of sp³-hybridized carbons (Fsp3) is 0. The molecule has 12 rings (SSSR count). The number of benzene rings is 9. The molecule has 4 nitrogen and oxygen atoms in total. The molecule has 3 heterocycles. The van der Waals surface area contributed by atoms with Gasteiger partial charge in [-0.05, 0) is 51.9 Å². The van der Waals surface area contributed by atoms with Crippen LogP contribution in [0, 0.1) is 0 Å². The Bertz CT molecular complexity index is 3590. The molecule has 0 saturated heterocycles. The lowest BCUT2D eigenvalue weighted by Gasteiger charge is -2.17. The number of fused-ring (bicyclic) bond motifs is 8. The molecule has 0 bridgehead atoms. The highest BCUT2D eigenvalue weighted by molar-refractivity contribution is 7.26. The molecule has 0 saturated carbocycles. The van der Waals surface area contributed by atoms with Crippen LogP contribution in [0.4, 0.5) is 0 Å². The van der Waals surface area contributed by atoms with E-state index in [2.05, 4.69) is 193 Å². The number of aromatic nitrogens is 4. The first-order valence-electron chi connectivity index (χ1n) is 20.2. The van der Waals surface area contributed by atoms with Gasteiger partial charge < -0.3 is 4.57 Å². The van der Waals surface area contributed by atoms with Gasteiger partial charge in [-0.2, -0.15) is 0 Å². The molecule has 9 aromatic carbocycles. The average molecular weight is 783 g/mol. The van der Waals surface area contributed by atoms with E-state index in [9.17, 15) is 0 Å². The van der Waals surface area contributed by atoms with Gasteiger partial charge in [0, 0.05) is 53.0 Å². The van der Waals surface area contributed by atoms with Crippen molar-refractivity contribution in [1.82, 2.24) is 19.5 Å². The monoisotopic (exact) mass is 782 g/mol. The Morgan fingerprint density at radius 1 is 0.350 bits per heavy atom. The van der Waals surface area contributed by atoms with Crippen LogP contribution in [0.2, 0.25) is 0 Å².